The summed E-state index contributed by atoms with van der Waals surface area (Å²) in [4.78, 5) is 0. The summed E-state index contributed by atoms with van der Waals surface area (Å²) in [7, 11) is 1.71. The molecule has 4 saturated carbocycles. The zero-order valence-electron chi connectivity index (χ0n) is 19.3. The molecule has 0 saturated heterocycles. The zero-order valence-corrected chi connectivity index (χ0v) is 20.9. The molecule has 0 unspecified atom stereocenters. The van der Waals surface area contributed by atoms with E-state index in [1.807, 2.05) is 0 Å². The lowest BCUT2D eigenvalue weighted by Crippen LogP contribution is -2.48. The molecule has 0 aromatic heterocycles. The third-order valence-electron chi connectivity index (χ3n) is 8.11. The van der Waals surface area contributed by atoms with Gasteiger partial charge >= 0.3 is 0 Å². The molecule has 3 heteroatoms. The second kappa shape index (κ2) is 8.23. The zero-order chi connectivity index (χ0) is 21.8. The third-order valence-corrected chi connectivity index (χ3v) is 8.77. The van der Waals surface area contributed by atoms with Gasteiger partial charge in [0, 0.05) is 22.7 Å². The quantitative estimate of drug-likeness (QED) is 0.388. The Hall–Kier alpha value is -1.32. The van der Waals surface area contributed by atoms with Crippen LogP contribution in [0, 0.1) is 24.7 Å². The summed E-state index contributed by atoms with van der Waals surface area (Å²) in [5, 5.41) is 0. The second-order valence-electron chi connectivity index (χ2n) is 10.8. The highest BCUT2D eigenvalue weighted by atomic mass is 79.9. The van der Waals surface area contributed by atoms with E-state index in [1.165, 1.54) is 66.3 Å². The van der Waals surface area contributed by atoms with E-state index in [-0.39, 0.29) is 12.2 Å². The van der Waals surface area contributed by atoms with Gasteiger partial charge in [0.05, 0.1) is 0 Å². The maximum atomic E-state index is 6.41. The average Bonchev–Trinajstić information content (AvgIpc) is 2.71. The number of benzene rings is 2. The van der Waals surface area contributed by atoms with Gasteiger partial charge in [-0.15, -0.1) is 0 Å². The Morgan fingerprint density at radius 1 is 0.968 bits per heavy atom. The minimum Gasteiger partial charge on any atom is -0.467 e. The summed E-state index contributed by atoms with van der Waals surface area (Å²) in [6.07, 6.45) is 8.35. The van der Waals surface area contributed by atoms with E-state index in [1.54, 1.807) is 7.11 Å². The fourth-order valence-electron chi connectivity index (χ4n) is 7.19. The molecule has 4 aliphatic rings. The minimum absolute atomic E-state index is 0.281. The summed E-state index contributed by atoms with van der Waals surface area (Å²) in [6, 6.07) is 11.5. The molecule has 0 radical (unpaired) electrons. The van der Waals surface area contributed by atoms with Gasteiger partial charge in [0.15, 0.2) is 6.79 Å². The molecule has 31 heavy (non-hydrogen) atoms. The normalized spacial score (nSPS) is 29.0. The standard InChI is InChI=1S/C28H35BrO2/c1-17(2)22-5-6-23(26(29)12-22)24-7-18(3)8-25(27(24)31-16-30-4)28-13-19-9-20(14-28)11-21(10-19)15-28/h5-8,12,17,19-21H,9-11,13-16H2,1-4H3. The Balaban J connectivity index is 1.66. The summed E-state index contributed by atoms with van der Waals surface area (Å²) < 4.78 is 12.9. The Kier molecular flexibility index (Phi) is 5.71. The van der Waals surface area contributed by atoms with Gasteiger partial charge in [-0.25, -0.2) is 0 Å². The van der Waals surface area contributed by atoms with E-state index in [0.717, 1.165) is 28.0 Å². The Bertz CT molecular complexity index is 942. The fourth-order valence-corrected chi connectivity index (χ4v) is 7.80. The van der Waals surface area contributed by atoms with Crippen molar-refractivity contribution < 1.29 is 9.47 Å². The molecule has 0 heterocycles. The number of ether oxygens (including phenoxy) is 2. The molecule has 6 rings (SSSR count). The van der Waals surface area contributed by atoms with Crippen LogP contribution in [-0.2, 0) is 10.2 Å². The maximum absolute atomic E-state index is 6.41. The SMILES string of the molecule is COCOc1c(-c2ccc(C(C)C)cc2Br)cc(C)cc1C12CC3CC(CC(C3)C1)C2. The van der Waals surface area contributed by atoms with E-state index < -0.39 is 0 Å². The molecule has 0 N–H and O–H groups in total. The molecule has 2 aromatic rings. The predicted octanol–water partition coefficient (Wildman–Crippen LogP) is 8.00. The Labute approximate surface area is 195 Å². The van der Waals surface area contributed by atoms with Crippen molar-refractivity contribution in [2.24, 2.45) is 17.8 Å². The first kappa shape index (κ1) is 21.5. The van der Waals surface area contributed by atoms with Crippen LogP contribution in [0.4, 0.5) is 0 Å². The van der Waals surface area contributed by atoms with Crippen molar-refractivity contribution in [1.29, 1.82) is 0 Å². The van der Waals surface area contributed by atoms with Crippen LogP contribution >= 0.6 is 15.9 Å². The number of aryl methyl sites for hydroxylation is 1. The first-order valence-electron chi connectivity index (χ1n) is 11.9. The summed E-state index contributed by atoms with van der Waals surface area (Å²) in [5.41, 5.74) is 6.81. The molecule has 166 valence electrons. The highest BCUT2D eigenvalue weighted by Crippen LogP contribution is 2.62. The molecule has 2 nitrogen and oxygen atoms in total. The van der Waals surface area contributed by atoms with Gasteiger partial charge in [0.2, 0.25) is 0 Å². The maximum Gasteiger partial charge on any atom is 0.188 e. The summed E-state index contributed by atoms with van der Waals surface area (Å²) >= 11 is 3.88. The average molecular weight is 483 g/mol. The minimum atomic E-state index is 0.281. The molecule has 0 spiro atoms. The second-order valence-corrected chi connectivity index (χ2v) is 11.7. The topological polar surface area (TPSA) is 18.5 Å². The molecular weight excluding hydrogens is 448 g/mol. The number of methoxy groups -OCH3 is 1. The van der Waals surface area contributed by atoms with Crippen molar-refractivity contribution >= 4 is 15.9 Å². The lowest BCUT2D eigenvalue weighted by Gasteiger charge is -2.57. The highest BCUT2D eigenvalue weighted by molar-refractivity contribution is 9.10. The monoisotopic (exact) mass is 482 g/mol. The van der Waals surface area contributed by atoms with Gasteiger partial charge in [-0.3, -0.25) is 0 Å². The van der Waals surface area contributed by atoms with Crippen LogP contribution in [0.1, 0.15) is 75.0 Å². The van der Waals surface area contributed by atoms with Crippen LogP contribution in [0.5, 0.6) is 5.75 Å². The number of rotatable bonds is 6. The van der Waals surface area contributed by atoms with E-state index >= 15 is 0 Å². The molecular formula is C28H35BrO2. The molecule has 4 bridgehead atoms. The van der Waals surface area contributed by atoms with Crippen LogP contribution < -0.4 is 4.74 Å². The van der Waals surface area contributed by atoms with Crippen molar-refractivity contribution in [3.05, 3.63) is 51.5 Å². The largest absolute Gasteiger partial charge is 0.467 e. The van der Waals surface area contributed by atoms with Crippen LogP contribution in [0.15, 0.2) is 34.8 Å². The van der Waals surface area contributed by atoms with Crippen LogP contribution in [0.3, 0.4) is 0 Å². The molecule has 0 aliphatic heterocycles. The summed E-state index contributed by atoms with van der Waals surface area (Å²) in [5.74, 6) is 4.27. The Morgan fingerprint density at radius 3 is 2.16 bits per heavy atom. The van der Waals surface area contributed by atoms with Gasteiger partial charge in [0.25, 0.3) is 0 Å². The number of hydrogen-bond acceptors (Lipinski definition) is 2. The molecule has 4 aliphatic carbocycles. The van der Waals surface area contributed by atoms with Crippen LogP contribution in [0.25, 0.3) is 11.1 Å². The van der Waals surface area contributed by atoms with Gasteiger partial charge in [-0.05, 0) is 103 Å². The molecule has 0 atom stereocenters. The smallest absolute Gasteiger partial charge is 0.188 e. The molecule has 2 aromatic carbocycles. The van der Waals surface area contributed by atoms with E-state index in [0.29, 0.717) is 5.92 Å². The van der Waals surface area contributed by atoms with Gasteiger partial charge in [0.1, 0.15) is 5.75 Å². The third kappa shape index (κ3) is 3.86. The summed E-state index contributed by atoms with van der Waals surface area (Å²) in [6.45, 7) is 7.01. The van der Waals surface area contributed by atoms with Gasteiger partial charge < -0.3 is 9.47 Å². The first-order valence-corrected chi connectivity index (χ1v) is 12.7. The van der Waals surface area contributed by atoms with Gasteiger partial charge in [-0.2, -0.15) is 0 Å². The fraction of sp³-hybridized carbons (Fsp3) is 0.571. The number of hydrogen-bond donors (Lipinski definition) is 0. The molecule has 4 fully saturated rings. The molecule has 0 amide bonds. The van der Waals surface area contributed by atoms with Crippen LogP contribution in [0.2, 0.25) is 0 Å². The lowest BCUT2D eigenvalue weighted by molar-refractivity contribution is -0.00877. The van der Waals surface area contributed by atoms with E-state index in [4.69, 9.17) is 9.47 Å². The van der Waals surface area contributed by atoms with Crippen molar-refractivity contribution in [3.8, 4) is 16.9 Å². The van der Waals surface area contributed by atoms with Crippen molar-refractivity contribution in [3.63, 3.8) is 0 Å². The lowest BCUT2D eigenvalue weighted by atomic mass is 9.48. The van der Waals surface area contributed by atoms with Crippen molar-refractivity contribution in [1.82, 2.24) is 0 Å². The Morgan fingerprint density at radius 2 is 1.61 bits per heavy atom. The van der Waals surface area contributed by atoms with Crippen LogP contribution in [-0.4, -0.2) is 13.9 Å². The van der Waals surface area contributed by atoms with Crippen molar-refractivity contribution in [2.45, 2.75) is 70.6 Å². The van der Waals surface area contributed by atoms with Crippen molar-refractivity contribution in [2.75, 3.05) is 13.9 Å². The predicted molar refractivity (Wildman–Crippen MR) is 131 cm³/mol. The van der Waals surface area contributed by atoms with E-state index in [2.05, 4.69) is 67.0 Å². The first-order chi connectivity index (χ1) is 14.9. The number of halogens is 1. The van der Waals surface area contributed by atoms with Gasteiger partial charge in [-0.1, -0.05) is 48.0 Å². The highest BCUT2D eigenvalue weighted by Gasteiger charge is 2.52. The van der Waals surface area contributed by atoms with E-state index in [9.17, 15) is 0 Å².